The molecule has 3 aromatic carbocycles. The van der Waals surface area contributed by atoms with Gasteiger partial charge in [0.05, 0.1) is 13.3 Å². The minimum absolute atomic E-state index is 0.178. The van der Waals surface area contributed by atoms with E-state index in [1.807, 2.05) is 32.0 Å². The lowest BCUT2D eigenvalue weighted by Crippen LogP contribution is -2.48. The number of rotatable bonds is 10. The lowest BCUT2D eigenvalue weighted by Gasteiger charge is -2.20. The van der Waals surface area contributed by atoms with E-state index in [0.717, 1.165) is 5.56 Å². The Morgan fingerprint density at radius 3 is 2.42 bits per heavy atom. The van der Waals surface area contributed by atoms with E-state index in [1.54, 1.807) is 55.6 Å². The maximum Gasteiger partial charge on any atom is 0.262 e. The molecule has 0 aliphatic rings. The van der Waals surface area contributed by atoms with Crippen LogP contribution in [0.3, 0.4) is 0 Å². The largest absolute Gasteiger partial charge is 0.497 e. The third kappa shape index (κ3) is 7.47. The summed E-state index contributed by atoms with van der Waals surface area (Å²) in [6.45, 7) is 3.92. The standard InChI is InChI=1S/C27H27Cl2N3O4/c1-17(2)25(31-26(33)18-8-11-22(35-3)12-9-18)27(34)32-30-15-20-14-21(28)10-13-24(20)36-16-19-6-4-5-7-23(19)29/h4-15,17,25H,16H2,1-3H3,(H,31,33)(H,32,34). The summed E-state index contributed by atoms with van der Waals surface area (Å²) in [6.07, 6.45) is 1.44. The van der Waals surface area contributed by atoms with Crippen molar-refractivity contribution in [3.05, 3.63) is 93.5 Å². The molecule has 0 aliphatic carbocycles. The highest BCUT2D eigenvalue weighted by atomic mass is 35.5. The van der Waals surface area contributed by atoms with Crippen molar-refractivity contribution < 1.29 is 19.1 Å². The van der Waals surface area contributed by atoms with Gasteiger partial charge in [0.2, 0.25) is 0 Å². The van der Waals surface area contributed by atoms with Crippen molar-refractivity contribution in [2.45, 2.75) is 26.5 Å². The quantitative estimate of drug-likeness (QED) is 0.269. The molecule has 0 fully saturated rings. The fraction of sp³-hybridized carbons (Fsp3) is 0.222. The van der Waals surface area contributed by atoms with Gasteiger partial charge in [0.15, 0.2) is 0 Å². The molecule has 9 heteroatoms. The topological polar surface area (TPSA) is 89.0 Å². The highest BCUT2D eigenvalue weighted by Crippen LogP contribution is 2.24. The van der Waals surface area contributed by atoms with Crippen LogP contribution in [0.1, 0.15) is 35.3 Å². The summed E-state index contributed by atoms with van der Waals surface area (Å²) in [5.41, 5.74) is 4.31. The number of amides is 2. The summed E-state index contributed by atoms with van der Waals surface area (Å²) in [5.74, 6) is 0.146. The summed E-state index contributed by atoms with van der Waals surface area (Å²) in [7, 11) is 1.55. The predicted octanol–water partition coefficient (Wildman–Crippen LogP) is 5.49. The zero-order chi connectivity index (χ0) is 26.1. The van der Waals surface area contributed by atoms with Crippen LogP contribution >= 0.6 is 23.2 Å². The minimum atomic E-state index is -0.799. The van der Waals surface area contributed by atoms with Gasteiger partial charge >= 0.3 is 0 Å². The highest BCUT2D eigenvalue weighted by molar-refractivity contribution is 6.31. The first kappa shape index (κ1) is 27.0. The first-order valence-corrected chi connectivity index (χ1v) is 12.0. The summed E-state index contributed by atoms with van der Waals surface area (Å²) in [4.78, 5) is 25.5. The van der Waals surface area contributed by atoms with Crippen LogP contribution in [0, 0.1) is 5.92 Å². The van der Waals surface area contributed by atoms with Gasteiger partial charge in [-0.05, 0) is 54.4 Å². The average Bonchev–Trinajstić information content (AvgIpc) is 2.87. The Labute approximate surface area is 220 Å². The molecule has 0 bridgehead atoms. The Kier molecular flexibility index (Phi) is 9.73. The van der Waals surface area contributed by atoms with Crippen LogP contribution in [-0.4, -0.2) is 31.2 Å². The van der Waals surface area contributed by atoms with E-state index in [1.165, 1.54) is 6.21 Å². The second-order valence-electron chi connectivity index (χ2n) is 8.22. The van der Waals surface area contributed by atoms with Crippen molar-refractivity contribution in [3.8, 4) is 11.5 Å². The Morgan fingerprint density at radius 2 is 1.75 bits per heavy atom. The van der Waals surface area contributed by atoms with Gasteiger partial charge in [-0.3, -0.25) is 9.59 Å². The Hall–Kier alpha value is -3.55. The molecule has 0 radical (unpaired) electrons. The van der Waals surface area contributed by atoms with Crippen molar-refractivity contribution in [2.75, 3.05) is 7.11 Å². The lowest BCUT2D eigenvalue weighted by molar-refractivity contribution is -0.123. The van der Waals surface area contributed by atoms with E-state index in [-0.39, 0.29) is 18.4 Å². The van der Waals surface area contributed by atoms with Crippen molar-refractivity contribution >= 4 is 41.2 Å². The molecule has 0 heterocycles. The number of ether oxygens (including phenoxy) is 2. The maximum absolute atomic E-state index is 12.8. The molecule has 0 saturated carbocycles. The van der Waals surface area contributed by atoms with Crippen molar-refractivity contribution in [1.29, 1.82) is 0 Å². The second-order valence-corrected chi connectivity index (χ2v) is 9.06. The number of hydrogen-bond acceptors (Lipinski definition) is 5. The average molecular weight is 528 g/mol. The molecular formula is C27H27Cl2N3O4. The van der Waals surface area contributed by atoms with E-state index in [0.29, 0.717) is 32.7 Å². The normalized spacial score (nSPS) is 11.8. The summed E-state index contributed by atoms with van der Waals surface area (Å²) in [5, 5.41) is 7.91. The number of nitrogens with one attached hydrogen (secondary N) is 2. The SMILES string of the molecule is COc1ccc(C(=O)NC(C(=O)NN=Cc2cc(Cl)ccc2OCc2ccccc2Cl)C(C)C)cc1. The smallest absolute Gasteiger partial charge is 0.262 e. The van der Waals surface area contributed by atoms with Crippen molar-refractivity contribution in [1.82, 2.24) is 10.7 Å². The number of hydrogen-bond donors (Lipinski definition) is 2. The maximum atomic E-state index is 12.8. The molecule has 1 atom stereocenters. The molecule has 0 saturated heterocycles. The van der Waals surface area contributed by atoms with E-state index in [4.69, 9.17) is 32.7 Å². The molecule has 3 rings (SSSR count). The first-order chi connectivity index (χ1) is 17.3. The first-order valence-electron chi connectivity index (χ1n) is 11.2. The molecule has 2 amide bonds. The second kappa shape index (κ2) is 13.0. The van der Waals surface area contributed by atoms with Crippen LogP contribution in [0.4, 0.5) is 0 Å². The minimum Gasteiger partial charge on any atom is -0.497 e. The number of methoxy groups -OCH3 is 1. The van der Waals surface area contributed by atoms with Gasteiger partial charge in [0, 0.05) is 26.7 Å². The summed E-state index contributed by atoms with van der Waals surface area (Å²) < 4.78 is 11.0. The number of nitrogens with zero attached hydrogens (tertiary/aromatic N) is 1. The zero-order valence-corrected chi connectivity index (χ0v) is 21.6. The van der Waals surface area contributed by atoms with Gasteiger partial charge in [-0.2, -0.15) is 5.10 Å². The Bertz CT molecular complexity index is 1230. The number of halogens is 2. The molecule has 188 valence electrons. The van der Waals surface area contributed by atoms with Gasteiger partial charge in [-0.1, -0.05) is 55.2 Å². The van der Waals surface area contributed by atoms with Crippen LogP contribution < -0.4 is 20.2 Å². The fourth-order valence-electron chi connectivity index (χ4n) is 3.26. The summed E-state index contributed by atoms with van der Waals surface area (Å²) in [6, 6.07) is 18.3. The van der Waals surface area contributed by atoms with Crippen molar-refractivity contribution in [3.63, 3.8) is 0 Å². The van der Waals surface area contributed by atoms with E-state index in [2.05, 4.69) is 15.8 Å². The zero-order valence-electron chi connectivity index (χ0n) is 20.1. The van der Waals surface area contributed by atoms with E-state index < -0.39 is 11.9 Å². The molecule has 1 unspecified atom stereocenters. The van der Waals surface area contributed by atoms with Crippen LogP contribution in [-0.2, 0) is 11.4 Å². The number of benzene rings is 3. The monoisotopic (exact) mass is 527 g/mol. The summed E-state index contributed by atoms with van der Waals surface area (Å²) >= 11 is 12.4. The van der Waals surface area contributed by atoms with E-state index >= 15 is 0 Å². The number of hydrazone groups is 1. The highest BCUT2D eigenvalue weighted by Gasteiger charge is 2.24. The van der Waals surface area contributed by atoms with Crippen LogP contribution in [0.25, 0.3) is 0 Å². The van der Waals surface area contributed by atoms with Crippen molar-refractivity contribution in [2.24, 2.45) is 11.0 Å². The number of carbonyl (C=O) groups is 2. The molecule has 3 aromatic rings. The predicted molar refractivity (Wildman–Crippen MR) is 142 cm³/mol. The van der Waals surface area contributed by atoms with Crippen LogP contribution in [0.5, 0.6) is 11.5 Å². The lowest BCUT2D eigenvalue weighted by atomic mass is 10.0. The molecular weight excluding hydrogens is 501 g/mol. The third-order valence-corrected chi connectivity index (χ3v) is 5.88. The molecule has 0 spiro atoms. The Morgan fingerprint density at radius 1 is 1.03 bits per heavy atom. The van der Waals surface area contributed by atoms with E-state index in [9.17, 15) is 9.59 Å². The molecule has 7 nitrogen and oxygen atoms in total. The van der Waals surface area contributed by atoms with Gasteiger partial charge in [0.1, 0.15) is 24.1 Å². The molecule has 36 heavy (non-hydrogen) atoms. The van der Waals surface area contributed by atoms with Crippen LogP contribution in [0.15, 0.2) is 71.8 Å². The third-order valence-electron chi connectivity index (χ3n) is 5.28. The number of carbonyl (C=O) groups excluding carboxylic acids is 2. The van der Waals surface area contributed by atoms with Gasteiger partial charge in [0.25, 0.3) is 11.8 Å². The van der Waals surface area contributed by atoms with Gasteiger partial charge in [-0.15, -0.1) is 0 Å². The Balaban J connectivity index is 1.66. The molecule has 2 N–H and O–H groups in total. The molecule has 0 aliphatic heterocycles. The van der Waals surface area contributed by atoms with Gasteiger partial charge < -0.3 is 14.8 Å². The molecule has 0 aromatic heterocycles. The van der Waals surface area contributed by atoms with Gasteiger partial charge in [-0.25, -0.2) is 5.43 Å². The fourth-order valence-corrected chi connectivity index (χ4v) is 3.63. The van der Waals surface area contributed by atoms with Crippen LogP contribution in [0.2, 0.25) is 10.0 Å².